The number of aliphatic hydroxyl groups is 1. The first-order valence-corrected chi connectivity index (χ1v) is 8.32. The third-order valence-electron chi connectivity index (χ3n) is 4.57. The van der Waals surface area contributed by atoms with Crippen molar-refractivity contribution in [1.29, 1.82) is 0 Å². The van der Waals surface area contributed by atoms with Crippen molar-refractivity contribution >= 4 is 29.6 Å². The lowest BCUT2D eigenvalue weighted by Crippen LogP contribution is -2.60. The number of carbonyl (C=O) groups excluding carboxylic acids is 1. The molecule has 4 atom stereocenters. The zero-order chi connectivity index (χ0) is 16.9. The smallest absolute Gasteiger partial charge is 0.353 e. The molecular weight excluding hydrogens is 324 g/mol. The molecule has 1 amide bonds. The fraction of sp³-hybridized carbons (Fsp3) is 0.643. The summed E-state index contributed by atoms with van der Waals surface area (Å²) in [6, 6.07) is -0.616. The van der Waals surface area contributed by atoms with E-state index in [4.69, 9.17) is 0 Å². The molecule has 0 spiro atoms. The molecule has 126 valence electrons. The molecular formula is C14H18N2O6S. The fourth-order valence-corrected chi connectivity index (χ4v) is 5.08. The second-order valence-electron chi connectivity index (χ2n) is 6.03. The highest BCUT2D eigenvalue weighted by atomic mass is 32.2. The minimum Gasteiger partial charge on any atom is -0.480 e. The molecule has 0 aliphatic carbocycles. The van der Waals surface area contributed by atoms with Crippen LogP contribution in [0.1, 0.15) is 19.8 Å². The van der Waals surface area contributed by atoms with Gasteiger partial charge in [0.15, 0.2) is 0 Å². The van der Waals surface area contributed by atoms with Crippen LogP contribution in [0.2, 0.25) is 0 Å². The van der Waals surface area contributed by atoms with E-state index < -0.39 is 35.4 Å². The monoisotopic (exact) mass is 342 g/mol. The average molecular weight is 342 g/mol. The minimum absolute atomic E-state index is 0.0714. The van der Waals surface area contributed by atoms with Gasteiger partial charge in [0.25, 0.3) is 0 Å². The molecule has 0 saturated carbocycles. The van der Waals surface area contributed by atoms with E-state index in [1.807, 2.05) is 0 Å². The molecule has 8 nitrogen and oxygen atoms in total. The van der Waals surface area contributed by atoms with E-state index in [2.05, 4.69) is 0 Å². The van der Waals surface area contributed by atoms with Crippen LogP contribution in [-0.2, 0) is 14.4 Å². The second-order valence-corrected chi connectivity index (χ2v) is 7.24. The van der Waals surface area contributed by atoms with Gasteiger partial charge in [-0.1, -0.05) is 0 Å². The van der Waals surface area contributed by atoms with Crippen molar-refractivity contribution in [1.82, 2.24) is 9.80 Å². The molecule has 0 aromatic heterocycles. The number of β-lactam (4-membered cyclic amide) rings is 1. The SMILES string of the molecule is C[C@@H](O)[C@H]1C(=O)N2C(C(=O)O)=C(CN3CCC[C@H]3C(=O)O)S[C@H]12. The first-order chi connectivity index (χ1) is 10.8. The quantitative estimate of drug-likeness (QED) is 0.585. The number of carbonyl (C=O) groups is 3. The summed E-state index contributed by atoms with van der Waals surface area (Å²) < 4.78 is 0. The normalized spacial score (nSPS) is 32.0. The van der Waals surface area contributed by atoms with Gasteiger partial charge < -0.3 is 15.3 Å². The van der Waals surface area contributed by atoms with E-state index in [1.54, 1.807) is 4.90 Å². The lowest BCUT2D eigenvalue weighted by molar-refractivity contribution is -0.156. The Morgan fingerprint density at radius 2 is 2.09 bits per heavy atom. The first kappa shape index (κ1) is 16.3. The average Bonchev–Trinajstić information content (AvgIpc) is 3.01. The number of thioether (sulfide) groups is 1. The predicted octanol–water partition coefficient (Wildman–Crippen LogP) is -0.256. The Bertz CT molecular complexity index is 604. The van der Waals surface area contributed by atoms with E-state index in [9.17, 15) is 29.7 Å². The summed E-state index contributed by atoms with van der Waals surface area (Å²) in [5.74, 6) is -3.11. The van der Waals surface area contributed by atoms with Gasteiger partial charge in [-0.3, -0.25) is 19.4 Å². The number of aliphatic hydroxyl groups excluding tert-OH is 1. The summed E-state index contributed by atoms with van der Waals surface area (Å²) in [7, 11) is 0. The van der Waals surface area contributed by atoms with Gasteiger partial charge in [-0.15, -0.1) is 11.8 Å². The Balaban J connectivity index is 1.83. The number of likely N-dealkylation sites (tertiary alicyclic amines) is 1. The van der Waals surface area contributed by atoms with Crippen molar-refractivity contribution in [3.05, 3.63) is 10.6 Å². The summed E-state index contributed by atoms with van der Waals surface area (Å²) in [4.78, 5) is 38.4. The van der Waals surface area contributed by atoms with Crippen LogP contribution in [-0.4, -0.2) is 73.6 Å². The topological polar surface area (TPSA) is 118 Å². The summed E-state index contributed by atoms with van der Waals surface area (Å²) in [6.45, 7) is 2.31. The molecule has 0 aromatic rings. The Morgan fingerprint density at radius 3 is 2.65 bits per heavy atom. The van der Waals surface area contributed by atoms with E-state index in [1.165, 1.54) is 23.6 Å². The molecule has 2 fully saturated rings. The Morgan fingerprint density at radius 1 is 1.39 bits per heavy atom. The maximum absolute atomic E-state index is 12.1. The van der Waals surface area contributed by atoms with Gasteiger partial charge in [0, 0.05) is 11.4 Å². The number of aliphatic carboxylic acids is 2. The zero-order valence-electron chi connectivity index (χ0n) is 12.5. The number of nitrogens with zero attached hydrogens (tertiary/aromatic N) is 2. The predicted molar refractivity (Wildman–Crippen MR) is 80.3 cm³/mol. The maximum Gasteiger partial charge on any atom is 0.353 e. The number of carboxylic acid groups (broad SMARTS) is 2. The first-order valence-electron chi connectivity index (χ1n) is 7.44. The fourth-order valence-electron chi connectivity index (χ4n) is 3.44. The molecule has 3 aliphatic rings. The minimum atomic E-state index is -1.20. The molecule has 0 radical (unpaired) electrons. The number of fused-ring (bicyclic) bond motifs is 1. The third kappa shape index (κ3) is 2.52. The lowest BCUT2D eigenvalue weighted by Gasteiger charge is -2.43. The molecule has 0 bridgehead atoms. The summed E-state index contributed by atoms with van der Waals surface area (Å²) in [5, 5.41) is 27.9. The van der Waals surface area contributed by atoms with E-state index in [-0.39, 0.29) is 18.1 Å². The van der Waals surface area contributed by atoms with Crippen LogP contribution in [0.25, 0.3) is 0 Å². The number of hydrogen-bond donors (Lipinski definition) is 3. The van der Waals surface area contributed by atoms with Crippen molar-refractivity contribution < 1.29 is 29.7 Å². The molecule has 0 unspecified atom stereocenters. The number of hydrogen-bond acceptors (Lipinski definition) is 6. The Kier molecular flexibility index (Phi) is 4.11. The van der Waals surface area contributed by atoms with Crippen molar-refractivity contribution in [2.75, 3.05) is 13.1 Å². The molecule has 3 N–H and O–H groups in total. The van der Waals surface area contributed by atoms with Gasteiger partial charge in [0.1, 0.15) is 17.1 Å². The standard InChI is InChI=1S/C14H18N2O6S/c1-6(17)9-11(18)16-10(14(21)22)8(23-12(9)16)5-15-4-2-3-7(15)13(19)20/h6-7,9,12,17H,2-5H2,1H3,(H,19,20)(H,21,22)/t6-,7+,9+,12-/m1/s1. The molecule has 2 saturated heterocycles. The van der Waals surface area contributed by atoms with Crippen molar-refractivity contribution in [2.45, 2.75) is 37.3 Å². The molecule has 3 heterocycles. The highest BCUT2D eigenvalue weighted by Gasteiger charge is 2.57. The van der Waals surface area contributed by atoms with Gasteiger partial charge >= 0.3 is 11.9 Å². The molecule has 0 aromatic carbocycles. The summed E-state index contributed by atoms with van der Waals surface area (Å²) in [5.41, 5.74) is -0.0714. The van der Waals surface area contributed by atoms with Crippen molar-refractivity contribution in [2.24, 2.45) is 5.92 Å². The molecule has 23 heavy (non-hydrogen) atoms. The Labute approximate surface area is 136 Å². The number of amides is 1. The highest BCUT2D eigenvalue weighted by molar-refractivity contribution is 8.04. The second kappa shape index (κ2) is 5.81. The van der Waals surface area contributed by atoms with E-state index in [0.29, 0.717) is 17.9 Å². The summed E-state index contributed by atoms with van der Waals surface area (Å²) in [6.07, 6.45) is 0.446. The van der Waals surface area contributed by atoms with Crippen LogP contribution in [0.15, 0.2) is 10.6 Å². The van der Waals surface area contributed by atoms with Crippen molar-refractivity contribution in [3.8, 4) is 0 Å². The highest BCUT2D eigenvalue weighted by Crippen LogP contribution is 2.50. The van der Waals surface area contributed by atoms with Gasteiger partial charge in [-0.05, 0) is 26.3 Å². The largest absolute Gasteiger partial charge is 0.480 e. The Hall–Kier alpha value is -1.58. The van der Waals surface area contributed by atoms with Crippen LogP contribution in [0, 0.1) is 5.92 Å². The maximum atomic E-state index is 12.1. The zero-order valence-corrected chi connectivity index (χ0v) is 13.3. The summed E-state index contributed by atoms with van der Waals surface area (Å²) >= 11 is 1.25. The number of carboxylic acids is 2. The van der Waals surface area contributed by atoms with Gasteiger partial charge in [-0.2, -0.15) is 0 Å². The van der Waals surface area contributed by atoms with Gasteiger partial charge in [-0.25, -0.2) is 4.79 Å². The van der Waals surface area contributed by atoms with Crippen LogP contribution in [0.4, 0.5) is 0 Å². The number of rotatable bonds is 5. The third-order valence-corrected chi connectivity index (χ3v) is 5.92. The molecule has 3 rings (SSSR count). The van der Waals surface area contributed by atoms with E-state index in [0.717, 1.165) is 6.42 Å². The van der Waals surface area contributed by atoms with Crippen LogP contribution < -0.4 is 0 Å². The van der Waals surface area contributed by atoms with Crippen molar-refractivity contribution in [3.63, 3.8) is 0 Å². The van der Waals surface area contributed by atoms with Gasteiger partial charge in [0.2, 0.25) is 5.91 Å². The van der Waals surface area contributed by atoms with E-state index >= 15 is 0 Å². The van der Waals surface area contributed by atoms with Crippen LogP contribution in [0.5, 0.6) is 0 Å². The van der Waals surface area contributed by atoms with Gasteiger partial charge in [0.05, 0.1) is 12.0 Å². The van der Waals surface area contributed by atoms with Crippen LogP contribution >= 0.6 is 11.8 Å². The lowest BCUT2D eigenvalue weighted by atomic mass is 9.92. The van der Waals surface area contributed by atoms with Crippen LogP contribution in [0.3, 0.4) is 0 Å². The molecule has 9 heteroatoms. The molecule has 3 aliphatic heterocycles.